The van der Waals surface area contributed by atoms with Crippen LogP contribution >= 0.6 is 0 Å². The van der Waals surface area contributed by atoms with E-state index in [2.05, 4.69) is 19.9 Å². The van der Waals surface area contributed by atoms with E-state index in [1.54, 1.807) is 5.57 Å². The predicted molar refractivity (Wildman–Crippen MR) is 59.4 cm³/mol. The second-order valence-corrected chi connectivity index (χ2v) is 5.39. The quantitative estimate of drug-likeness (QED) is 0.526. The van der Waals surface area contributed by atoms with E-state index in [0.717, 1.165) is 0 Å². The van der Waals surface area contributed by atoms with Crippen molar-refractivity contribution < 1.29 is 9.53 Å². The molecule has 2 atom stereocenters. The van der Waals surface area contributed by atoms with Gasteiger partial charge in [0.05, 0.1) is 0 Å². The maximum atomic E-state index is 10.3. The molecule has 2 aliphatic carbocycles. The van der Waals surface area contributed by atoms with Crippen LogP contribution in [0.1, 0.15) is 46.0 Å². The summed E-state index contributed by atoms with van der Waals surface area (Å²) < 4.78 is 5.10. The van der Waals surface area contributed by atoms with E-state index in [9.17, 15) is 4.79 Å². The molecular weight excluding hydrogens is 188 g/mol. The molecule has 0 aliphatic heterocycles. The lowest BCUT2D eigenvalue weighted by molar-refractivity contribution is -0.130. The fourth-order valence-corrected chi connectivity index (χ4v) is 2.68. The Morgan fingerprint density at radius 1 is 1.27 bits per heavy atom. The fourth-order valence-electron chi connectivity index (χ4n) is 2.68. The van der Waals surface area contributed by atoms with Gasteiger partial charge in [-0.25, -0.2) is 0 Å². The van der Waals surface area contributed by atoms with Crippen molar-refractivity contribution in [3.8, 4) is 0 Å². The summed E-state index contributed by atoms with van der Waals surface area (Å²) in [4.78, 5) is 10.3. The van der Waals surface area contributed by atoms with Crippen molar-refractivity contribution >= 4 is 6.47 Å². The molecule has 2 heteroatoms. The van der Waals surface area contributed by atoms with Crippen molar-refractivity contribution in [2.75, 3.05) is 0 Å². The Labute approximate surface area is 91.7 Å². The average Bonchev–Trinajstić information content (AvgIpc) is 2.72. The van der Waals surface area contributed by atoms with Gasteiger partial charge < -0.3 is 4.74 Å². The van der Waals surface area contributed by atoms with Crippen LogP contribution in [0, 0.1) is 11.3 Å². The Kier molecular flexibility index (Phi) is 2.85. The molecule has 2 aliphatic rings. The molecule has 0 N–H and O–H groups in total. The first-order valence-electron chi connectivity index (χ1n) is 5.95. The van der Waals surface area contributed by atoms with Gasteiger partial charge in [0.15, 0.2) is 0 Å². The Bertz CT molecular complexity index is 270. The highest BCUT2D eigenvalue weighted by molar-refractivity contribution is 5.40. The van der Waals surface area contributed by atoms with Crippen LogP contribution in [-0.2, 0) is 9.53 Å². The number of rotatable bonds is 3. The van der Waals surface area contributed by atoms with E-state index < -0.39 is 0 Å². The van der Waals surface area contributed by atoms with Crippen LogP contribution in [0.25, 0.3) is 0 Å². The third kappa shape index (κ3) is 2.09. The van der Waals surface area contributed by atoms with Gasteiger partial charge in [-0.05, 0) is 25.7 Å². The minimum atomic E-state index is 0.115. The van der Waals surface area contributed by atoms with E-state index in [1.165, 1.54) is 32.1 Å². The molecule has 2 fully saturated rings. The summed E-state index contributed by atoms with van der Waals surface area (Å²) in [5.74, 6) is 0.454. The highest BCUT2D eigenvalue weighted by atomic mass is 16.5. The van der Waals surface area contributed by atoms with Gasteiger partial charge in [0.1, 0.15) is 6.10 Å². The van der Waals surface area contributed by atoms with Crippen molar-refractivity contribution in [2.45, 2.75) is 52.1 Å². The van der Waals surface area contributed by atoms with Crippen LogP contribution in [0.3, 0.4) is 0 Å². The van der Waals surface area contributed by atoms with Crippen LogP contribution < -0.4 is 0 Å². The van der Waals surface area contributed by atoms with Gasteiger partial charge in [0.2, 0.25) is 0 Å². The second kappa shape index (κ2) is 3.99. The number of hydrogen-bond donors (Lipinski definition) is 0. The highest BCUT2D eigenvalue weighted by Gasteiger charge is 2.58. The molecule has 0 radical (unpaired) electrons. The Hall–Kier alpha value is -0.790. The smallest absolute Gasteiger partial charge is 0.293 e. The summed E-state index contributed by atoms with van der Waals surface area (Å²) in [6.45, 7) is 4.93. The summed E-state index contributed by atoms with van der Waals surface area (Å²) in [6.07, 6.45) is 9.02. The minimum absolute atomic E-state index is 0.115. The zero-order valence-corrected chi connectivity index (χ0v) is 9.66. The molecule has 0 spiro atoms. The fraction of sp³-hybridized carbons (Fsp3) is 0.769. The maximum Gasteiger partial charge on any atom is 0.293 e. The molecule has 0 bridgehead atoms. The molecule has 0 amide bonds. The van der Waals surface area contributed by atoms with E-state index >= 15 is 0 Å². The zero-order valence-electron chi connectivity index (χ0n) is 9.66. The summed E-state index contributed by atoms with van der Waals surface area (Å²) in [5, 5.41) is 0. The van der Waals surface area contributed by atoms with E-state index in [0.29, 0.717) is 12.4 Å². The van der Waals surface area contributed by atoms with Crippen LogP contribution in [-0.4, -0.2) is 12.6 Å². The molecule has 2 nitrogen and oxygen atoms in total. The lowest BCUT2D eigenvalue weighted by Gasteiger charge is -2.13. The summed E-state index contributed by atoms with van der Waals surface area (Å²) >= 11 is 0. The standard InChI is InChI=1S/C13H20O2/c1-13(2)11(12(13)15-9-14)8-10-6-4-3-5-7-10/h8-9,11-12H,3-7H2,1-2H3. The van der Waals surface area contributed by atoms with E-state index in [1.807, 2.05) is 0 Å². The number of hydrogen-bond acceptors (Lipinski definition) is 2. The number of carbonyl (C=O) groups excluding carboxylic acids is 1. The van der Waals surface area contributed by atoms with Crippen molar-refractivity contribution in [2.24, 2.45) is 11.3 Å². The summed E-state index contributed by atoms with van der Waals surface area (Å²) in [7, 11) is 0. The summed E-state index contributed by atoms with van der Waals surface area (Å²) in [5.41, 5.74) is 1.74. The molecule has 0 aromatic carbocycles. The van der Waals surface area contributed by atoms with Crippen LogP contribution in [0.2, 0.25) is 0 Å². The van der Waals surface area contributed by atoms with Gasteiger partial charge in [0, 0.05) is 11.3 Å². The van der Waals surface area contributed by atoms with Crippen LogP contribution in [0.4, 0.5) is 0 Å². The maximum absolute atomic E-state index is 10.3. The van der Waals surface area contributed by atoms with Gasteiger partial charge >= 0.3 is 0 Å². The lowest BCUT2D eigenvalue weighted by atomic mass is 9.93. The van der Waals surface area contributed by atoms with Crippen molar-refractivity contribution in [3.05, 3.63) is 11.6 Å². The molecule has 0 heterocycles. The molecule has 84 valence electrons. The van der Waals surface area contributed by atoms with E-state index in [4.69, 9.17) is 4.74 Å². The molecular formula is C13H20O2. The Morgan fingerprint density at radius 2 is 1.93 bits per heavy atom. The highest BCUT2D eigenvalue weighted by Crippen LogP contribution is 2.55. The topological polar surface area (TPSA) is 26.3 Å². The number of ether oxygens (including phenoxy) is 1. The molecule has 2 unspecified atom stereocenters. The minimum Gasteiger partial charge on any atom is -0.463 e. The predicted octanol–water partition coefficient (Wildman–Crippen LogP) is 3.07. The zero-order chi connectivity index (χ0) is 10.9. The van der Waals surface area contributed by atoms with E-state index in [-0.39, 0.29) is 11.5 Å². The SMILES string of the molecule is CC1(C)C(C=C2CCCCC2)C1OC=O. The Balaban J connectivity index is 1.97. The van der Waals surface area contributed by atoms with Gasteiger partial charge in [-0.15, -0.1) is 0 Å². The first-order chi connectivity index (χ1) is 7.16. The molecule has 15 heavy (non-hydrogen) atoms. The Morgan fingerprint density at radius 3 is 2.53 bits per heavy atom. The van der Waals surface area contributed by atoms with Crippen LogP contribution in [0.5, 0.6) is 0 Å². The third-order valence-electron chi connectivity index (χ3n) is 3.92. The molecule has 2 saturated carbocycles. The van der Waals surface area contributed by atoms with Gasteiger partial charge in [-0.1, -0.05) is 31.9 Å². The van der Waals surface area contributed by atoms with Gasteiger partial charge in [-0.3, -0.25) is 4.79 Å². The molecule has 0 saturated heterocycles. The number of carbonyl (C=O) groups is 1. The van der Waals surface area contributed by atoms with Gasteiger partial charge in [-0.2, -0.15) is 0 Å². The second-order valence-electron chi connectivity index (χ2n) is 5.39. The van der Waals surface area contributed by atoms with Crippen molar-refractivity contribution in [3.63, 3.8) is 0 Å². The average molecular weight is 208 g/mol. The monoisotopic (exact) mass is 208 g/mol. The molecule has 0 aromatic rings. The molecule has 2 rings (SSSR count). The van der Waals surface area contributed by atoms with Crippen molar-refractivity contribution in [1.82, 2.24) is 0 Å². The first kappa shape index (κ1) is 10.7. The third-order valence-corrected chi connectivity index (χ3v) is 3.92. The van der Waals surface area contributed by atoms with Crippen LogP contribution in [0.15, 0.2) is 11.6 Å². The normalized spacial score (nSPS) is 33.3. The lowest BCUT2D eigenvalue weighted by Crippen LogP contribution is -1.99. The largest absolute Gasteiger partial charge is 0.463 e. The van der Waals surface area contributed by atoms with Gasteiger partial charge in [0.25, 0.3) is 6.47 Å². The molecule has 0 aromatic heterocycles. The first-order valence-corrected chi connectivity index (χ1v) is 5.95. The number of allylic oxidation sites excluding steroid dienone is 1. The summed E-state index contributed by atoms with van der Waals surface area (Å²) in [6, 6.07) is 0. The van der Waals surface area contributed by atoms with Crippen molar-refractivity contribution in [1.29, 1.82) is 0 Å².